The van der Waals surface area contributed by atoms with Gasteiger partial charge in [-0.25, -0.2) is 4.39 Å². The lowest BCUT2D eigenvalue weighted by Crippen LogP contribution is -2.52. The molecule has 1 aliphatic carbocycles. The van der Waals surface area contributed by atoms with Gasteiger partial charge >= 0.3 is 11.8 Å². The molecule has 0 radical (unpaired) electrons. The number of rotatable bonds is 4. The second kappa shape index (κ2) is 7.50. The fourth-order valence-electron chi connectivity index (χ4n) is 2.73. The summed E-state index contributed by atoms with van der Waals surface area (Å²) in [5.41, 5.74) is 0.527. The van der Waals surface area contributed by atoms with Gasteiger partial charge in [-0.2, -0.15) is 0 Å². The lowest BCUT2D eigenvalue weighted by atomic mass is 10.2. The molecule has 1 saturated heterocycles. The number of nitrogens with one attached hydrogen (secondary N) is 2. The molecule has 7 nitrogen and oxygen atoms in total. The van der Waals surface area contributed by atoms with Gasteiger partial charge in [0.15, 0.2) is 0 Å². The first kappa shape index (κ1) is 17.2. The van der Waals surface area contributed by atoms with Gasteiger partial charge in [0.05, 0.1) is 12.2 Å². The summed E-state index contributed by atoms with van der Waals surface area (Å²) in [6, 6.07) is 6.64. The van der Waals surface area contributed by atoms with Crippen molar-refractivity contribution < 1.29 is 18.8 Å². The van der Waals surface area contributed by atoms with Crippen LogP contribution in [-0.4, -0.2) is 61.4 Å². The molecule has 1 aromatic rings. The number of hydrogen-bond acceptors (Lipinski definition) is 4. The monoisotopic (exact) mass is 348 g/mol. The third-order valence-electron chi connectivity index (χ3n) is 4.34. The van der Waals surface area contributed by atoms with Crippen LogP contribution in [0.15, 0.2) is 24.3 Å². The highest BCUT2D eigenvalue weighted by Gasteiger charge is 2.27. The lowest BCUT2D eigenvalue weighted by Gasteiger charge is -2.36. The van der Waals surface area contributed by atoms with Crippen LogP contribution in [0.3, 0.4) is 0 Å². The van der Waals surface area contributed by atoms with E-state index in [0.29, 0.717) is 31.9 Å². The van der Waals surface area contributed by atoms with E-state index in [1.807, 2.05) is 4.90 Å². The predicted molar refractivity (Wildman–Crippen MR) is 89.4 cm³/mol. The molecular weight excluding hydrogens is 327 g/mol. The normalized spacial score (nSPS) is 17.2. The Kier molecular flexibility index (Phi) is 5.16. The molecule has 0 aromatic heterocycles. The quantitative estimate of drug-likeness (QED) is 0.743. The van der Waals surface area contributed by atoms with E-state index >= 15 is 0 Å². The minimum absolute atomic E-state index is 0.0976. The summed E-state index contributed by atoms with van der Waals surface area (Å²) in [5.74, 6) is -2.01. The van der Waals surface area contributed by atoms with Crippen LogP contribution >= 0.6 is 0 Å². The molecule has 25 heavy (non-hydrogen) atoms. The van der Waals surface area contributed by atoms with E-state index in [9.17, 15) is 18.8 Å². The zero-order valence-corrected chi connectivity index (χ0v) is 13.8. The van der Waals surface area contributed by atoms with Crippen LogP contribution in [0.4, 0.5) is 10.1 Å². The number of para-hydroxylation sites is 1. The van der Waals surface area contributed by atoms with Gasteiger partial charge in [0.1, 0.15) is 5.82 Å². The van der Waals surface area contributed by atoms with E-state index in [-0.39, 0.29) is 24.3 Å². The van der Waals surface area contributed by atoms with Crippen molar-refractivity contribution in [1.29, 1.82) is 0 Å². The molecule has 0 atom stereocenters. The van der Waals surface area contributed by atoms with E-state index in [1.54, 1.807) is 23.1 Å². The predicted octanol–water partition coefficient (Wildman–Crippen LogP) is -0.131. The van der Waals surface area contributed by atoms with Gasteiger partial charge in [0.25, 0.3) is 0 Å². The molecule has 0 unspecified atom stereocenters. The number of halogens is 1. The summed E-state index contributed by atoms with van der Waals surface area (Å²) in [4.78, 5) is 38.8. The van der Waals surface area contributed by atoms with Crippen LogP contribution < -0.4 is 15.5 Å². The van der Waals surface area contributed by atoms with Crippen LogP contribution in [0.2, 0.25) is 0 Å². The molecular formula is C17H21FN4O3. The minimum Gasteiger partial charge on any atom is -0.366 e. The first-order valence-electron chi connectivity index (χ1n) is 8.40. The van der Waals surface area contributed by atoms with E-state index in [1.165, 1.54) is 6.07 Å². The van der Waals surface area contributed by atoms with Crippen molar-refractivity contribution in [2.75, 3.05) is 37.6 Å². The Morgan fingerprint density at radius 1 is 1.04 bits per heavy atom. The second-order valence-corrected chi connectivity index (χ2v) is 6.25. The van der Waals surface area contributed by atoms with E-state index < -0.39 is 11.8 Å². The topological polar surface area (TPSA) is 81.8 Å². The Morgan fingerprint density at radius 2 is 1.72 bits per heavy atom. The number of carbonyl (C=O) groups excluding carboxylic acids is 3. The maximum Gasteiger partial charge on any atom is 0.309 e. The fourth-order valence-corrected chi connectivity index (χ4v) is 2.73. The first-order chi connectivity index (χ1) is 12.0. The molecule has 2 N–H and O–H groups in total. The van der Waals surface area contributed by atoms with Crippen molar-refractivity contribution in [2.24, 2.45) is 0 Å². The maximum atomic E-state index is 13.8. The SMILES string of the molecule is O=C(NCC(=O)N1CCN(c2ccccc2F)CC1)C(=O)NC1CC1. The third-order valence-corrected chi connectivity index (χ3v) is 4.34. The van der Waals surface area contributed by atoms with Gasteiger partial charge in [-0.1, -0.05) is 12.1 Å². The van der Waals surface area contributed by atoms with E-state index in [0.717, 1.165) is 12.8 Å². The Hall–Kier alpha value is -2.64. The Bertz CT molecular complexity index is 670. The van der Waals surface area contributed by atoms with Crippen LogP contribution in [0.1, 0.15) is 12.8 Å². The van der Waals surface area contributed by atoms with Gasteiger partial charge in [-0.15, -0.1) is 0 Å². The number of benzene rings is 1. The van der Waals surface area contributed by atoms with E-state index in [2.05, 4.69) is 10.6 Å². The van der Waals surface area contributed by atoms with Crippen molar-refractivity contribution in [2.45, 2.75) is 18.9 Å². The summed E-state index contributed by atoms with van der Waals surface area (Å²) in [6.07, 6.45) is 1.79. The Balaban J connectivity index is 1.43. The van der Waals surface area contributed by atoms with Gasteiger partial charge in [0, 0.05) is 32.2 Å². The molecule has 2 fully saturated rings. The molecule has 0 bridgehead atoms. The number of amides is 3. The Labute approximate surface area is 145 Å². The zero-order chi connectivity index (χ0) is 17.8. The van der Waals surface area contributed by atoms with Gasteiger partial charge < -0.3 is 20.4 Å². The third kappa shape index (κ3) is 4.46. The molecule has 1 saturated carbocycles. The van der Waals surface area contributed by atoms with Crippen molar-refractivity contribution in [3.63, 3.8) is 0 Å². The fraction of sp³-hybridized carbons (Fsp3) is 0.471. The van der Waals surface area contributed by atoms with Crippen molar-refractivity contribution in [1.82, 2.24) is 15.5 Å². The summed E-state index contributed by atoms with van der Waals surface area (Å²) in [5, 5.41) is 4.92. The van der Waals surface area contributed by atoms with Crippen LogP contribution in [0, 0.1) is 5.82 Å². The van der Waals surface area contributed by atoms with Crippen LogP contribution in [0.5, 0.6) is 0 Å². The van der Waals surface area contributed by atoms with Crippen LogP contribution in [-0.2, 0) is 14.4 Å². The summed E-state index contributed by atoms with van der Waals surface area (Å²) >= 11 is 0. The molecule has 134 valence electrons. The molecule has 2 aliphatic rings. The molecule has 8 heteroatoms. The van der Waals surface area contributed by atoms with Gasteiger partial charge in [0.2, 0.25) is 5.91 Å². The highest BCUT2D eigenvalue weighted by atomic mass is 19.1. The highest BCUT2D eigenvalue weighted by molar-refractivity contribution is 6.35. The first-order valence-corrected chi connectivity index (χ1v) is 8.40. The van der Waals surface area contributed by atoms with Crippen molar-refractivity contribution in [3.05, 3.63) is 30.1 Å². The van der Waals surface area contributed by atoms with Gasteiger partial charge in [-0.3, -0.25) is 14.4 Å². The van der Waals surface area contributed by atoms with Crippen molar-refractivity contribution >= 4 is 23.4 Å². The average molecular weight is 348 g/mol. The molecule has 1 aliphatic heterocycles. The largest absolute Gasteiger partial charge is 0.366 e. The number of nitrogens with zero attached hydrogens (tertiary/aromatic N) is 2. The number of hydrogen-bond donors (Lipinski definition) is 2. The Morgan fingerprint density at radius 3 is 2.36 bits per heavy atom. The zero-order valence-electron chi connectivity index (χ0n) is 13.8. The molecule has 3 rings (SSSR count). The standard InChI is InChI=1S/C17H21FN4O3/c18-13-3-1-2-4-14(13)21-7-9-22(10-8-21)15(23)11-19-16(24)17(25)20-12-5-6-12/h1-4,12H,5-11H2,(H,19,24)(H,20,25). The summed E-state index contributed by atoms with van der Waals surface area (Å²) < 4.78 is 13.8. The maximum absolute atomic E-state index is 13.8. The van der Waals surface area contributed by atoms with Crippen LogP contribution in [0.25, 0.3) is 0 Å². The minimum atomic E-state index is -0.787. The van der Waals surface area contributed by atoms with E-state index in [4.69, 9.17) is 0 Å². The number of piperazine rings is 1. The van der Waals surface area contributed by atoms with Crippen molar-refractivity contribution in [3.8, 4) is 0 Å². The number of carbonyl (C=O) groups is 3. The summed E-state index contributed by atoms with van der Waals surface area (Å²) in [7, 11) is 0. The van der Waals surface area contributed by atoms with Gasteiger partial charge in [-0.05, 0) is 25.0 Å². The second-order valence-electron chi connectivity index (χ2n) is 6.25. The number of anilines is 1. The highest BCUT2D eigenvalue weighted by Crippen LogP contribution is 2.20. The smallest absolute Gasteiger partial charge is 0.309 e. The average Bonchev–Trinajstić information content (AvgIpc) is 3.44. The summed E-state index contributed by atoms with van der Waals surface area (Å²) in [6.45, 7) is 1.71. The molecule has 0 spiro atoms. The molecule has 1 aromatic carbocycles. The molecule has 3 amide bonds. The molecule has 1 heterocycles. The lowest BCUT2D eigenvalue weighted by molar-refractivity contribution is -0.140.